The van der Waals surface area contributed by atoms with Crippen LogP contribution < -0.4 is 14.4 Å². The molecular weight excluding hydrogens is 585 g/mol. The van der Waals surface area contributed by atoms with Gasteiger partial charge in [-0.1, -0.05) is 54.4 Å². The molecule has 11 heteroatoms. The quantitative estimate of drug-likeness (QED) is 0.256. The topological polar surface area (TPSA) is 96.0 Å². The highest BCUT2D eigenvalue weighted by molar-refractivity contribution is 7.92. The van der Waals surface area contributed by atoms with Crippen molar-refractivity contribution in [3.63, 3.8) is 0 Å². The van der Waals surface area contributed by atoms with E-state index < -0.39 is 28.5 Å². The largest absolute Gasteiger partial charge is 0.494 e. The molecule has 0 aliphatic carbocycles. The third-order valence-corrected chi connectivity index (χ3v) is 8.75. The van der Waals surface area contributed by atoms with Crippen LogP contribution in [0.2, 0.25) is 10.0 Å². The molecule has 0 radical (unpaired) electrons. The van der Waals surface area contributed by atoms with Crippen LogP contribution in [0.25, 0.3) is 0 Å². The molecule has 3 aromatic rings. The summed E-state index contributed by atoms with van der Waals surface area (Å²) in [5.74, 6) is -0.399. The molecule has 0 heterocycles. The summed E-state index contributed by atoms with van der Waals surface area (Å²) >= 11 is 12.9. The first-order chi connectivity index (χ1) is 19.5. The lowest BCUT2D eigenvalue weighted by Crippen LogP contribution is -2.53. The fraction of sp³-hybridized carbons (Fsp3) is 0.333. The molecule has 0 fully saturated rings. The predicted molar refractivity (Wildman–Crippen MR) is 163 cm³/mol. The number of benzene rings is 3. The first-order valence-corrected chi connectivity index (χ1v) is 15.5. The second-order valence-electron chi connectivity index (χ2n) is 9.56. The summed E-state index contributed by atoms with van der Waals surface area (Å²) in [5.41, 5.74) is 0.722. The summed E-state index contributed by atoms with van der Waals surface area (Å²) in [7, 11) is -4.18. The van der Waals surface area contributed by atoms with Crippen LogP contribution in [0.3, 0.4) is 0 Å². The van der Waals surface area contributed by atoms with Crippen LogP contribution in [-0.4, -0.2) is 50.4 Å². The van der Waals surface area contributed by atoms with Crippen LogP contribution in [0.15, 0.2) is 77.7 Å². The molecule has 0 saturated carbocycles. The molecular formula is C30H35Cl2N3O5S. The Morgan fingerprint density at radius 1 is 0.902 bits per heavy atom. The summed E-state index contributed by atoms with van der Waals surface area (Å²) in [4.78, 5) is 28.7. The van der Waals surface area contributed by atoms with Crippen molar-refractivity contribution in [1.29, 1.82) is 0 Å². The Kier molecular flexibility index (Phi) is 11.5. The molecule has 8 nitrogen and oxygen atoms in total. The fourth-order valence-corrected chi connectivity index (χ4v) is 6.23. The molecule has 0 saturated heterocycles. The van der Waals surface area contributed by atoms with Gasteiger partial charge in [-0.05, 0) is 75.7 Å². The minimum absolute atomic E-state index is 0.0203. The van der Waals surface area contributed by atoms with Gasteiger partial charge < -0.3 is 15.0 Å². The summed E-state index contributed by atoms with van der Waals surface area (Å²) < 4.78 is 34.3. The zero-order valence-corrected chi connectivity index (χ0v) is 25.8. The maximum absolute atomic E-state index is 14.1. The van der Waals surface area contributed by atoms with Crippen LogP contribution in [0, 0.1) is 0 Å². The number of carbonyl (C=O) groups excluding carboxylic acids is 2. The van der Waals surface area contributed by atoms with E-state index in [4.69, 9.17) is 27.9 Å². The number of hydrogen-bond donors (Lipinski definition) is 1. The van der Waals surface area contributed by atoms with Crippen LogP contribution in [0.5, 0.6) is 5.75 Å². The van der Waals surface area contributed by atoms with Crippen molar-refractivity contribution < 1.29 is 22.7 Å². The number of halogens is 2. The average molecular weight is 621 g/mol. The molecule has 0 aliphatic rings. The van der Waals surface area contributed by atoms with E-state index in [1.165, 1.54) is 17.0 Å². The second kappa shape index (κ2) is 14.6. The number of nitrogens with one attached hydrogen (secondary N) is 1. The van der Waals surface area contributed by atoms with E-state index in [-0.39, 0.29) is 35.5 Å². The average Bonchev–Trinajstić information content (AvgIpc) is 2.93. The van der Waals surface area contributed by atoms with Crippen LogP contribution in [0.1, 0.15) is 39.7 Å². The Hall–Kier alpha value is -3.27. The summed E-state index contributed by atoms with van der Waals surface area (Å²) in [6, 6.07) is 18.2. The van der Waals surface area contributed by atoms with Crippen molar-refractivity contribution in [3.05, 3.63) is 88.4 Å². The summed E-state index contributed by atoms with van der Waals surface area (Å²) in [6.07, 6.45) is 0.279. The highest BCUT2D eigenvalue weighted by Gasteiger charge is 2.34. The van der Waals surface area contributed by atoms with Crippen molar-refractivity contribution in [2.75, 3.05) is 17.5 Å². The number of ether oxygens (including phenoxy) is 1. The molecule has 3 rings (SSSR count). The number of carbonyl (C=O) groups is 2. The lowest BCUT2D eigenvalue weighted by molar-refractivity contribution is -0.140. The number of hydrogen-bond acceptors (Lipinski definition) is 5. The standard InChI is InChI=1S/C30H35Cl2N3O5S/c1-5-28(30(37)33-21(3)4)34(19-25-26(31)13-10-14-27(25)32)29(36)20-35(22-15-17-23(18-16-22)40-6-2)41(38,39)24-11-8-7-9-12-24/h7-18,21,28H,5-6,19-20H2,1-4H3,(H,33,37)/t28-/m1/s1. The van der Waals surface area contributed by atoms with E-state index in [2.05, 4.69) is 5.32 Å². The maximum atomic E-state index is 14.1. The van der Waals surface area contributed by atoms with Gasteiger partial charge in [0.15, 0.2) is 0 Å². The van der Waals surface area contributed by atoms with E-state index in [1.54, 1.807) is 67.6 Å². The van der Waals surface area contributed by atoms with E-state index >= 15 is 0 Å². The van der Waals surface area contributed by atoms with Gasteiger partial charge in [0, 0.05) is 28.2 Å². The Bertz CT molecular complexity index is 1410. The zero-order chi connectivity index (χ0) is 30.2. The van der Waals surface area contributed by atoms with Gasteiger partial charge in [-0.3, -0.25) is 13.9 Å². The van der Waals surface area contributed by atoms with Gasteiger partial charge in [-0.15, -0.1) is 0 Å². The summed E-state index contributed by atoms with van der Waals surface area (Å²) in [5, 5.41) is 3.52. The van der Waals surface area contributed by atoms with Gasteiger partial charge in [0.1, 0.15) is 18.3 Å². The predicted octanol–water partition coefficient (Wildman–Crippen LogP) is 5.92. The molecule has 0 aliphatic heterocycles. The number of rotatable bonds is 13. The molecule has 41 heavy (non-hydrogen) atoms. The normalized spacial score (nSPS) is 12.1. The van der Waals surface area contributed by atoms with Gasteiger partial charge in [0.05, 0.1) is 17.2 Å². The van der Waals surface area contributed by atoms with Gasteiger partial charge in [-0.2, -0.15) is 0 Å². The summed E-state index contributed by atoms with van der Waals surface area (Å²) in [6.45, 7) is 7.05. The molecule has 3 aromatic carbocycles. The highest BCUT2D eigenvalue weighted by atomic mass is 35.5. The minimum atomic E-state index is -4.18. The van der Waals surface area contributed by atoms with E-state index in [1.807, 2.05) is 20.8 Å². The lowest BCUT2D eigenvalue weighted by atomic mass is 10.1. The van der Waals surface area contributed by atoms with Gasteiger partial charge in [0.2, 0.25) is 11.8 Å². The van der Waals surface area contributed by atoms with Crippen molar-refractivity contribution in [3.8, 4) is 5.75 Å². The number of anilines is 1. The number of nitrogens with zero attached hydrogens (tertiary/aromatic N) is 2. The van der Waals surface area contributed by atoms with Crippen molar-refractivity contribution in [2.24, 2.45) is 0 Å². The highest BCUT2D eigenvalue weighted by Crippen LogP contribution is 2.29. The molecule has 1 atom stereocenters. The van der Waals surface area contributed by atoms with Crippen molar-refractivity contribution in [1.82, 2.24) is 10.2 Å². The third-order valence-electron chi connectivity index (χ3n) is 6.25. The molecule has 220 valence electrons. The van der Waals surface area contributed by atoms with Crippen molar-refractivity contribution >= 4 is 50.7 Å². The first-order valence-electron chi connectivity index (χ1n) is 13.3. The molecule has 0 spiro atoms. The minimum Gasteiger partial charge on any atom is -0.494 e. The van der Waals surface area contributed by atoms with E-state index in [9.17, 15) is 18.0 Å². The van der Waals surface area contributed by atoms with Gasteiger partial charge >= 0.3 is 0 Å². The molecule has 2 amide bonds. The van der Waals surface area contributed by atoms with Gasteiger partial charge in [-0.25, -0.2) is 8.42 Å². The fourth-order valence-electron chi connectivity index (χ4n) is 4.28. The first kappa shape index (κ1) is 32.2. The molecule has 0 aromatic heterocycles. The maximum Gasteiger partial charge on any atom is 0.264 e. The number of amides is 2. The monoisotopic (exact) mass is 619 g/mol. The Morgan fingerprint density at radius 3 is 2.05 bits per heavy atom. The Balaban J connectivity index is 2.09. The van der Waals surface area contributed by atoms with Crippen molar-refractivity contribution in [2.45, 2.75) is 57.6 Å². The SMILES string of the molecule is CCOc1ccc(N(CC(=O)N(Cc2c(Cl)cccc2Cl)[C@H](CC)C(=O)NC(C)C)S(=O)(=O)c2ccccc2)cc1. The lowest BCUT2D eigenvalue weighted by Gasteiger charge is -2.34. The smallest absolute Gasteiger partial charge is 0.264 e. The Morgan fingerprint density at radius 2 is 1.51 bits per heavy atom. The molecule has 1 N–H and O–H groups in total. The van der Waals surface area contributed by atoms with E-state index in [0.29, 0.717) is 28.0 Å². The second-order valence-corrected chi connectivity index (χ2v) is 12.2. The van der Waals surface area contributed by atoms with Crippen LogP contribution >= 0.6 is 23.2 Å². The van der Waals surface area contributed by atoms with Crippen LogP contribution in [-0.2, 0) is 26.2 Å². The zero-order valence-electron chi connectivity index (χ0n) is 23.5. The molecule has 0 unspecified atom stereocenters. The van der Waals surface area contributed by atoms with E-state index in [0.717, 1.165) is 4.31 Å². The molecule has 0 bridgehead atoms. The number of sulfonamides is 1. The van der Waals surface area contributed by atoms with Crippen LogP contribution in [0.4, 0.5) is 5.69 Å². The van der Waals surface area contributed by atoms with Gasteiger partial charge in [0.25, 0.3) is 10.0 Å². The Labute approximate surface area is 252 Å². The third kappa shape index (κ3) is 8.15.